The number of hydrogen-bond donors (Lipinski definition) is 1. The number of rotatable bonds is 4. The normalized spacial score (nSPS) is 21.7. The monoisotopic (exact) mass is 618 g/mol. The van der Waals surface area contributed by atoms with Crippen molar-refractivity contribution in [2.45, 2.75) is 89.9 Å². The molecule has 242 valence electrons. The van der Waals surface area contributed by atoms with E-state index in [0.29, 0.717) is 17.8 Å². The van der Waals surface area contributed by atoms with Crippen molar-refractivity contribution in [1.82, 2.24) is 19.8 Å². The van der Waals surface area contributed by atoms with E-state index < -0.39 is 59.6 Å². The number of β-amino-alcohol motifs (C(OH)–C–C–N with tert-alkyl or cyclic N) is 1. The summed E-state index contributed by atoms with van der Waals surface area (Å²) in [6, 6.07) is 5.93. The van der Waals surface area contributed by atoms with Crippen LogP contribution in [-0.2, 0) is 28.5 Å². The van der Waals surface area contributed by atoms with Crippen LogP contribution in [0.2, 0.25) is 0 Å². The van der Waals surface area contributed by atoms with Crippen LogP contribution in [-0.4, -0.2) is 112 Å². The number of amides is 2. The summed E-state index contributed by atoms with van der Waals surface area (Å²) in [5, 5.41) is 9.50. The van der Waals surface area contributed by atoms with Crippen LogP contribution in [0.5, 0.6) is 5.88 Å². The first kappa shape index (κ1) is 34.3. The van der Waals surface area contributed by atoms with Crippen LogP contribution < -0.4 is 4.74 Å². The SMILES string of the molecule is COC(=O)C1CC(O)CN1C(=O)OC(C)(C)C.COC(=O)C1CC(Oc2cnc3ccccc3n2)CN1C(=O)OC(C)(C)C. The molecule has 4 atom stereocenters. The molecular formula is C30H42N4O10. The lowest BCUT2D eigenvalue weighted by Crippen LogP contribution is -2.44. The minimum atomic E-state index is -0.761. The second kappa shape index (κ2) is 14.1. The first-order valence-corrected chi connectivity index (χ1v) is 14.2. The highest BCUT2D eigenvalue weighted by Crippen LogP contribution is 2.26. The van der Waals surface area contributed by atoms with E-state index in [4.69, 9.17) is 18.9 Å². The van der Waals surface area contributed by atoms with E-state index in [1.165, 1.54) is 30.2 Å². The maximum absolute atomic E-state index is 12.5. The summed E-state index contributed by atoms with van der Waals surface area (Å²) in [4.78, 5) is 59.2. The van der Waals surface area contributed by atoms with Crippen molar-refractivity contribution < 1.29 is 48.0 Å². The fourth-order valence-electron chi connectivity index (χ4n) is 4.63. The third-order valence-corrected chi connectivity index (χ3v) is 6.46. The first-order chi connectivity index (χ1) is 20.5. The minimum absolute atomic E-state index is 0.0919. The van der Waals surface area contributed by atoms with E-state index in [-0.39, 0.29) is 19.5 Å². The molecule has 14 heteroatoms. The average Bonchev–Trinajstić information content (AvgIpc) is 3.54. The fraction of sp³-hybridized carbons (Fsp3) is 0.600. The zero-order valence-corrected chi connectivity index (χ0v) is 26.4. The van der Waals surface area contributed by atoms with Gasteiger partial charge in [0.2, 0.25) is 5.88 Å². The van der Waals surface area contributed by atoms with Gasteiger partial charge in [0.15, 0.2) is 0 Å². The molecule has 3 heterocycles. The Kier molecular flexibility index (Phi) is 11.0. The number of fused-ring (bicyclic) bond motifs is 1. The van der Waals surface area contributed by atoms with Crippen molar-refractivity contribution >= 4 is 35.2 Å². The van der Waals surface area contributed by atoms with Gasteiger partial charge >= 0.3 is 24.1 Å². The summed E-state index contributed by atoms with van der Waals surface area (Å²) >= 11 is 0. The van der Waals surface area contributed by atoms with Crippen molar-refractivity contribution in [1.29, 1.82) is 0 Å². The Labute approximate surface area is 256 Å². The van der Waals surface area contributed by atoms with Gasteiger partial charge < -0.3 is 28.8 Å². The molecule has 2 aliphatic heterocycles. The zero-order valence-electron chi connectivity index (χ0n) is 26.4. The van der Waals surface area contributed by atoms with Gasteiger partial charge in [-0.2, -0.15) is 0 Å². The van der Waals surface area contributed by atoms with Crippen LogP contribution in [0.1, 0.15) is 54.4 Å². The van der Waals surface area contributed by atoms with Gasteiger partial charge in [0.05, 0.1) is 50.6 Å². The summed E-state index contributed by atoms with van der Waals surface area (Å²) in [5.41, 5.74) is 0.173. The molecule has 2 aromatic rings. The minimum Gasteiger partial charge on any atom is -0.471 e. The van der Waals surface area contributed by atoms with Crippen LogP contribution in [0, 0.1) is 0 Å². The molecule has 2 amide bonds. The number of nitrogens with zero attached hydrogens (tertiary/aromatic N) is 4. The molecule has 1 N–H and O–H groups in total. The number of aliphatic hydroxyl groups is 1. The highest BCUT2D eigenvalue weighted by atomic mass is 16.6. The van der Waals surface area contributed by atoms with Crippen molar-refractivity contribution in [3.05, 3.63) is 30.5 Å². The van der Waals surface area contributed by atoms with Gasteiger partial charge in [-0.25, -0.2) is 29.1 Å². The van der Waals surface area contributed by atoms with Gasteiger partial charge in [0, 0.05) is 12.8 Å². The predicted molar refractivity (Wildman–Crippen MR) is 157 cm³/mol. The number of aromatic nitrogens is 2. The average molecular weight is 619 g/mol. The lowest BCUT2D eigenvalue weighted by Gasteiger charge is -2.27. The highest BCUT2D eigenvalue weighted by Gasteiger charge is 2.44. The molecular weight excluding hydrogens is 576 g/mol. The van der Waals surface area contributed by atoms with Crippen LogP contribution in [0.25, 0.3) is 11.0 Å². The summed E-state index contributed by atoms with van der Waals surface area (Å²) in [7, 11) is 2.54. The largest absolute Gasteiger partial charge is 0.471 e. The summed E-state index contributed by atoms with van der Waals surface area (Å²) in [5.74, 6) is -0.697. The van der Waals surface area contributed by atoms with Gasteiger partial charge in [-0.1, -0.05) is 12.1 Å². The second-order valence-electron chi connectivity index (χ2n) is 12.4. The van der Waals surface area contributed by atoms with E-state index >= 15 is 0 Å². The van der Waals surface area contributed by atoms with Crippen molar-refractivity contribution in [2.75, 3.05) is 27.3 Å². The van der Waals surface area contributed by atoms with Gasteiger partial charge in [-0.05, 0) is 53.7 Å². The van der Waals surface area contributed by atoms with Crippen molar-refractivity contribution in [3.63, 3.8) is 0 Å². The zero-order chi connectivity index (χ0) is 32.8. The number of carbonyl (C=O) groups is 4. The summed E-state index contributed by atoms with van der Waals surface area (Å²) in [6.45, 7) is 10.8. The van der Waals surface area contributed by atoms with Crippen molar-refractivity contribution in [2.24, 2.45) is 0 Å². The van der Waals surface area contributed by atoms with Gasteiger partial charge in [0.25, 0.3) is 0 Å². The molecule has 14 nitrogen and oxygen atoms in total. The number of benzene rings is 1. The molecule has 0 aliphatic carbocycles. The standard InChI is InChI=1S/C19H23N3O5.C11H19NO5/c1-19(2,3)27-18(24)22-11-12(9-15(22)17(23)25-4)26-16-10-20-13-7-5-6-8-14(13)21-16;1-11(2,3)17-10(15)12-6-7(13)5-8(12)9(14)16-4/h5-8,10,12,15H,9,11H2,1-4H3;7-8,13H,5-6H2,1-4H3. The molecule has 44 heavy (non-hydrogen) atoms. The Morgan fingerprint density at radius 1 is 0.795 bits per heavy atom. The first-order valence-electron chi connectivity index (χ1n) is 14.2. The smallest absolute Gasteiger partial charge is 0.411 e. The summed E-state index contributed by atoms with van der Waals surface area (Å²) in [6.07, 6.45) is -0.306. The Morgan fingerprint density at radius 3 is 1.82 bits per heavy atom. The molecule has 1 aromatic carbocycles. The Morgan fingerprint density at radius 2 is 1.30 bits per heavy atom. The van der Waals surface area contributed by atoms with Gasteiger partial charge in [0.1, 0.15) is 29.4 Å². The fourth-order valence-corrected chi connectivity index (χ4v) is 4.63. The lowest BCUT2D eigenvalue weighted by molar-refractivity contribution is -0.146. The van der Waals surface area contributed by atoms with E-state index in [2.05, 4.69) is 14.7 Å². The quantitative estimate of drug-likeness (QED) is 0.393. The molecule has 0 radical (unpaired) electrons. The lowest BCUT2D eigenvalue weighted by atomic mass is 10.2. The Hall–Kier alpha value is -4.20. The maximum atomic E-state index is 12.5. The number of aliphatic hydroxyl groups excluding tert-OH is 1. The van der Waals surface area contributed by atoms with E-state index in [9.17, 15) is 24.3 Å². The predicted octanol–water partition coefficient (Wildman–Crippen LogP) is 3.09. The number of para-hydroxylation sites is 2. The second-order valence-corrected chi connectivity index (χ2v) is 12.4. The summed E-state index contributed by atoms with van der Waals surface area (Å²) < 4.78 is 25.9. The number of methoxy groups -OCH3 is 2. The third-order valence-electron chi connectivity index (χ3n) is 6.46. The molecule has 4 rings (SSSR count). The molecule has 0 bridgehead atoms. The number of likely N-dealkylation sites (tertiary alicyclic amines) is 2. The van der Waals surface area contributed by atoms with Crippen LogP contribution >= 0.6 is 0 Å². The third kappa shape index (κ3) is 9.40. The Bertz CT molecular complexity index is 1340. The number of esters is 2. The number of hydrogen-bond acceptors (Lipinski definition) is 12. The van der Waals surface area contributed by atoms with E-state index in [1.54, 1.807) is 41.5 Å². The maximum Gasteiger partial charge on any atom is 0.411 e. The molecule has 2 fully saturated rings. The van der Waals surface area contributed by atoms with Gasteiger partial charge in [-0.3, -0.25) is 9.80 Å². The van der Waals surface area contributed by atoms with Crippen molar-refractivity contribution in [3.8, 4) is 5.88 Å². The molecule has 1 aromatic heterocycles. The van der Waals surface area contributed by atoms with E-state index in [1.807, 2.05) is 24.3 Å². The molecule has 2 saturated heterocycles. The van der Waals surface area contributed by atoms with Gasteiger partial charge in [-0.15, -0.1) is 0 Å². The molecule has 4 unspecified atom stereocenters. The topological polar surface area (TPSA) is 167 Å². The van der Waals surface area contributed by atoms with Crippen LogP contribution in [0.4, 0.5) is 9.59 Å². The molecule has 2 aliphatic rings. The molecule has 0 saturated carbocycles. The molecule has 0 spiro atoms. The van der Waals surface area contributed by atoms with Crippen LogP contribution in [0.15, 0.2) is 30.5 Å². The van der Waals surface area contributed by atoms with Crippen LogP contribution in [0.3, 0.4) is 0 Å². The number of carbonyl (C=O) groups excluding carboxylic acids is 4. The highest BCUT2D eigenvalue weighted by molar-refractivity contribution is 5.83. The number of ether oxygens (including phenoxy) is 5. The van der Waals surface area contributed by atoms with E-state index in [0.717, 1.165) is 5.52 Å². The Balaban J connectivity index is 0.000000269.